The van der Waals surface area contributed by atoms with Gasteiger partial charge in [0.1, 0.15) is 0 Å². The highest BCUT2D eigenvalue weighted by Gasteiger charge is 2.07. The van der Waals surface area contributed by atoms with Gasteiger partial charge in [-0.2, -0.15) is 0 Å². The van der Waals surface area contributed by atoms with E-state index in [1.54, 1.807) is 0 Å². The van der Waals surface area contributed by atoms with Gasteiger partial charge in [0, 0.05) is 15.4 Å². The summed E-state index contributed by atoms with van der Waals surface area (Å²) < 4.78 is 0. The van der Waals surface area contributed by atoms with Gasteiger partial charge in [-0.15, -0.1) is 0 Å². The molecule has 1 aromatic rings. The molecule has 0 saturated heterocycles. The number of H-pyrrole nitrogens is 1. The van der Waals surface area contributed by atoms with Crippen molar-refractivity contribution in [3.8, 4) is 0 Å². The summed E-state index contributed by atoms with van der Waals surface area (Å²) in [6.07, 6.45) is 9.58. The predicted molar refractivity (Wildman–Crippen MR) is 64.6 cm³/mol. The molecule has 0 aliphatic heterocycles. The third-order valence-electron chi connectivity index (χ3n) is 2.64. The predicted octanol–water partition coefficient (Wildman–Crippen LogP) is 3.74. The van der Waals surface area contributed by atoms with Gasteiger partial charge in [-0.1, -0.05) is 26.7 Å². The van der Waals surface area contributed by atoms with Gasteiger partial charge in [-0.05, 0) is 36.8 Å². The number of aryl methyl sites for hydroxylation is 1. The van der Waals surface area contributed by atoms with Crippen LogP contribution in [0.4, 0.5) is 0 Å². The Morgan fingerprint density at radius 1 is 1.14 bits per heavy atom. The molecule has 1 N–H and O–H groups in total. The zero-order valence-corrected chi connectivity index (χ0v) is 10.2. The fourth-order valence-corrected chi connectivity index (χ4v) is 2.02. The second-order valence-electron chi connectivity index (χ2n) is 3.85. The minimum atomic E-state index is 1.07. The van der Waals surface area contributed by atoms with E-state index >= 15 is 0 Å². The highest BCUT2D eigenvalue weighted by atomic mass is 31.0. The first-order valence-electron chi connectivity index (χ1n) is 5.67. The molecule has 0 saturated carbocycles. The van der Waals surface area contributed by atoms with Gasteiger partial charge in [0.05, 0.1) is 5.44 Å². The van der Waals surface area contributed by atoms with Crippen molar-refractivity contribution in [3.05, 3.63) is 17.3 Å². The summed E-state index contributed by atoms with van der Waals surface area (Å²) in [5.41, 5.74) is 4.00. The van der Waals surface area contributed by atoms with Crippen molar-refractivity contribution in [2.45, 2.75) is 52.4 Å². The van der Waals surface area contributed by atoms with E-state index in [9.17, 15) is 0 Å². The average molecular weight is 209 g/mol. The Labute approximate surface area is 89.9 Å². The Morgan fingerprint density at radius 2 is 1.79 bits per heavy atom. The van der Waals surface area contributed by atoms with Crippen LogP contribution < -0.4 is 5.44 Å². The first-order chi connectivity index (χ1) is 6.79. The fraction of sp³-hybridized carbons (Fsp3) is 0.667. The molecule has 0 amide bonds. The van der Waals surface area contributed by atoms with Crippen molar-refractivity contribution < 1.29 is 0 Å². The summed E-state index contributed by atoms with van der Waals surface area (Å²) in [6, 6.07) is 0. The lowest BCUT2D eigenvalue weighted by atomic mass is 10.0. The number of aromatic nitrogens is 1. The van der Waals surface area contributed by atoms with Gasteiger partial charge in [0.25, 0.3) is 0 Å². The van der Waals surface area contributed by atoms with Crippen LogP contribution in [0.15, 0.2) is 6.20 Å². The maximum atomic E-state index is 4.46. The summed E-state index contributed by atoms with van der Waals surface area (Å²) >= 11 is 0. The number of hydrogen-bond donors (Lipinski definition) is 1. The van der Waals surface area contributed by atoms with E-state index in [-0.39, 0.29) is 0 Å². The molecule has 0 spiro atoms. The van der Waals surface area contributed by atoms with E-state index in [2.05, 4.69) is 34.3 Å². The molecule has 0 aromatic carbocycles. The topological polar surface area (TPSA) is 15.8 Å². The molecule has 1 aromatic heterocycles. The standard InChI is InChI=1S/C12H20NP/c1-3-5-7-10-9-13-12(14)11(10)8-6-4-2/h9,13H,3-8H2,1-2H3. The maximum Gasteiger partial charge on any atom is 0.0522 e. The van der Waals surface area contributed by atoms with Crippen LogP contribution in [-0.2, 0) is 12.8 Å². The fourth-order valence-electron chi connectivity index (χ4n) is 1.70. The lowest BCUT2D eigenvalue weighted by molar-refractivity contribution is 0.764. The summed E-state index contributed by atoms with van der Waals surface area (Å²) in [6.45, 7) is 4.47. The highest BCUT2D eigenvalue weighted by molar-refractivity contribution is 7.27. The van der Waals surface area contributed by atoms with Gasteiger partial charge >= 0.3 is 0 Å². The average Bonchev–Trinajstić information content (AvgIpc) is 2.53. The van der Waals surface area contributed by atoms with Crippen molar-refractivity contribution >= 4 is 14.7 Å². The Balaban J connectivity index is 2.62. The van der Waals surface area contributed by atoms with Crippen molar-refractivity contribution in [2.75, 3.05) is 0 Å². The number of rotatable bonds is 6. The SMILES string of the molecule is CCCCc1c[nH]c([P])c1CCCC. The van der Waals surface area contributed by atoms with Crippen LogP contribution >= 0.6 is 9.24 Å². The van der Waals surface area contributed by atoms with Gasteiger partial charge in [-0.25, -0.2) is 0 Å². The number of aromatic amines is 1. The smallest absolute Gasteiger partial charge is 0.0522 e. The lowest BCUT2D eigenvalue weighted by Crippen LogP contribution is -2.01. The van der Waals surface area contributed by atoms with E-state index < -0.39 is 0 Å². The van der Waals surface area contributed by atoms with Gasteiger partial charge < -0.3 is 4.98 Å². The molecule has 2 heteroatoms. The molecule has 14 heavy (non-hydrogen) atoms. The largest absolute Gasteiger partial charge is 0.360 e. The maximum absolute atomic E-state index is 4.46. The zero-order valence-electron chi connectivity index (χ0n) is 9.27. The van der Waals surface area contributed by atoms with E-state index in [0.29, 0.717) is 0 Å². The van der Waals surface area contributed by atoms with E-state index in [0.717, 1.165) is 5.44 Å². The summed E-state index contributed by atoms with van der Waals surface area (Å²) in [5.74, 6) is 0. The van der Waals surface area contributed by atoms with Crippen LogP contribution in [0, 0.1) is 0 Å². The summed E-state index contributed by atoms with van der Waals surface area (Å²) in [5, 5.41) is 0. The number of nitrogens with one attached hydrogen (secondary N) is 1. The minimum Gasteiger partial charge on any atom is -0.360 e. The second kappa shape index (κ2) is 6.24. The van der Waals surface area contributed by atoms with Crippen LogP contribution in [0.25, 0.3) is 0 Å². The molecule has 1 heterocycles. The molecule has 0 fully saturated rings. The Bertz CT molecular complexity index is 265. The molecule has 1 nitrogen and oxygen atoms in total. The zero-order chi connectivity index (χ0) is 10.4. The van der Waals surface area contributed by atoms with Crippen molar-refractivity contribution in [2.24, 2.45) is 0 Å². The lowest BCUT2D eigenvalue weighted by Gasteiger charge is -2.03. The van der Waals surface area contributed by atoms with Crippen LogP contribution in [-0.4, -0.2) is 4.98 Å². The van der Waals surface area contributed by atoms with Crippen LogP contribution in [0.2, 0.25) is 0 Å². The van der Waals surface area contributed by atoms with Crippen LogP contribution in [0.3, 0.4) is 0 Å². The van der Waals surface area contributed by atoms with Gasteiger partial charge in [0.15, 0.2) is 0 Å². The van der Waals surface area contributed by atoms with E-state index in [4.69, 9.17) is 0 Å². The highest BCUT2D eigenvalue weighted by Crippen LogP contribution is 2.14. The number of unbranched alkanes of at least 4 members (excludes halogenated alkanes) is 2. The molecule has 0 unspecified atom stereocenters. The molecule has 78 valence electrons. The third kappa shape index (κ3) is 3.13. The van der Waals surface area contributed by atoms with Crippen molar-refractivity contribution in [3.63, 3.8) is 0 Å². The van der Waals surface area contributed by atoms with Crippen molar-refractivity contribution in [1.82, 2.24) is 4.98 Å². The van der Waals surface area contributed by atoms with E-state index in [1.165, 1.54) is 49.7 Å². The van der Waals surface area contributed by atoms with Gasteiger partial charge in [-0.3, -0.25) is 0 Å². The van der Waals surface area contributed by atoms with Crippen LogP contribution in [0.1, 0.15) is 50.7 Å². The monoisotopic (exact) mass is 209 g/mol. The first kappa shape index (κ1) is 11.8. The second-order valence-corrected chi connectivity index (χ2v) is 4.30. The molecule has 0 aliphatic carbocycles. The first-order valence-corrected chi connectivity index (χ1v) is 6.12. The third-order valence-corrected chi connectivity index (χ3v) is 3.04. The van der Waals surface area contributed by atoms with Crippen LogP contribution in [0.5, 0.6) is 0 Å². The van der Waals surface area contributed by atoms with Crippen molar-refractivity contribution in [1.29, 1.82) is 0 Å². The van der Waals surface area contributed by atoms with Gasteiger partial charge in [0.2, 0.25) is 0 Å². The Hall–Kier alpha value is -0.290. The summed E-state index contributed by atoms with van der Waals surface area (Å²) in [7, 11) is 4.46. The quantitative estimate of drug-likeness (QED) is 0.687. The normalized spacial score (nSPS) is 10.8. The Kier molecular flexibility index (Phi) is 5.25. The minimum absolute atomic E-state index is 1.07. The molecular formula is C12H20NP. The number of hydrogen-bond acceptors (Lipinski definition) is 0. The molecule has 1 rings (SSSR count). The Morgan fingerprint density at radius 3 is 2.43 bits per heavy atom. The van der Waals surface area contributed by atoms with E-state index in [1.807, 2.05) is 0 Å². The molecule has 0 aliphatic rings. The molecule has 2 radical (unpaired) electrons. The summed E-state index contributed by atoms with van der Waals surface area (Å²) in [4.78, 5) is 3.22. The molecular weight excluding hydrogens is 189 g/mol. The molecule has 0 atom stereocenters. The molecule has 0 bridgehead atoms.